The maximum atomic E-state index is 11.9. The predicted molar refractivity (Wildman–Crippen MR) is 123 cm³/mol. The molecule has 2 amide bonds. The van der Waals surface area contributed by atoms with Crippen molar-refractivity contribution < 1.29 is 19.8 Å². The molecule has 4 N–H and O–H groups in total. The van der Waals surface area contributed by atoms with Gasteiger partial charge in [0.05, 0.1) is 11.4 Å². The molecule has 0 heterocycles. The van der Waals surface area contributed by atoms with Gasteiger partial charge in [-0.15, -0.1) is 0 Å². The Kier molecular flexibility index (Phi) is 9.57. The third-order valence-electron chi connectivity index (χ3n) is 4.23. The quantitative estimate of drug-likeness (QED) is 0.256. The Morgan fingerprint density at radius 1 is 0.774 bits per heavy atom. The number of carbonyl (C=O) groups is 2. The summed E-state index contributed by atoms with van der Waals surface area (Å²) >= 11 is 1.48. The molecule has 2 aromatic rings. The predicted octanol–water partition coefficient (Wildman–Crippen LogP) is 2.99. The number of para-hydroxylation sites is 2. The van der Waals surface area contributed by atoms with Crippen molar-refractivity contribution in [2.45, 2.75) is 26.7 Å². The van der Waals surface area contributed by atoms with Gasteiger partial charge in [-0.1, -0.05) is 24.3 Å². The van der Waals surface area contributed by atoms with Gasteiger partial charge in [-0.25, -0.2) is 10.9 Å². The average Bonchev–Trinajstić information content (AvgIpc) is 2.76. The minimum atomic E-state index is -0.241. The number of nitrogens with zero attached hydrogens (tertiary/aromatic N) is 2. The van der Waals surface area contributed by atoms with E-state index in [0.29, 0.717) is 34.1 Å². The lowest BCUT2D eigenvalue weighted by Crippen LogP contribution is -2.20. The van der Waals surface area contributed by atoms with E-state index >= 15 is 0 Å². The van der Waals surface area contributed by atoms with Crippen molar-refractivity contribution in [1.82, 2.24) is 10.9 Å². The number of phenols is 2. The van der Waals surface area contributed by atoms with E-state index in [1.165, 1.54) is 11.8 Å². The number of nitrogens with one attached hydrogen (secondary N) is 2. The van der Waals surface area contributed by atoms with Crippen molar-refractivity contribution in [1.29, 1.82) is 0 Å². The van der Waals surface area contributed by atoms with Gasteiger partial charge in [0, 0.05) is 35.5 Å². The zero-order chi connectivity index (χ0) is 22.6. The lowest BCUT2D eigenvalue weighted by molar-refractivity contribution is -0.121. The smallest absolute Gasteiger partial charge is 0.240 e. The third kappa shape index (κ3) is 8.13. The van der Waals surface area contributed by atoms with Crippen LogP contribution in [0.5, 0.6) is 11.5 Å². The Labute approximate surface area is 185 Å². The summed E-state index contributed by atoms with van der Waals surface area (Å²) in [4.78, 5) is 23.8. The van der Waals surface area contributed by atoms with Gasteiger partial charge in [-0.2, -0.15) is 22.0 Å². The van der Waals surface area contributed by atoms with Gasteiger partial charge in [0.15, 0.2) is 0 Å². The Bertz CT molecular complexity index is 898. The highest BCUT2D eigenvalue weighted by molar-refractivity contribution is 7.99. The van der Waals surface area contributed by atoms with Crippen LogP contribution >= 0.6 is 11.8 Å². The van der Waals surface area contributed by atoms with Crippen LogP contribution in [0.15, 0.2) is 58.7 Å². The van der Waals surface area contributed by atoms with E-state index in [2.05, 4.69) is 21.1 Å². The van der Waals surface area contributed by atoms with E-state index in [-0.39, 0.29) is 36.2 Å². The molecule has 8 nitrogen and oxygen atoms in total. The number of rotatable bonds is 10. The molecule has 0 atom stereocenters. The first kappa shape index (κ1) is 23.9. The summed E-state index contributed by atoms with van der Waals surface area (Å²) in [6, 6.07) is 13.5. The Balaban J connectivity index is 1.64. The molecule has 0 fully saturated rings. The number of hydrazone groups is 2. The van der Waals surface area contributed by atoms with Gasteiger partial charge in [0.1, 0.15) is 11.5 Å². The van der Waals surface area contributed by atoms with Crippen molar-refractivity contribution in [3.05, 3.63) is 59.7 Å². The lowest BCUT2D eigenvalue weighted by Gasteiger charge is -2.05. The minimum Gasteiger partial charge on any atom is -0.507 e. The van der Waals surface area contributed by atoms with E-state index in [4.69, 9.17) is 0 Å². The van der Waals surface area contributed by atoms with Crippen LogP contribution in [0.1, 0.15) is 37.8 Å². The molecule has 2 rings (SSSR count). The van der Waals surface area contributed by atoms with Crippen LogP contribution in [-0.4, -0.2) is 45.0 Å². The van der Waals surface area contributed by atoms with Crippen LogP contribution in [0.2, 0.25) is 0 Å². The fourth-order valence-corrected chi connectivity index (χ4v) is 3.38. The molecule has 0 radical (unpaired) electrons. The monoisotopic (exact) mass is 442 g/mol. The normalized spacial score (nSPS) is 11.8. The molecule has 0 saturated carbocycles. The average molecular weight is 443 g/mol. The first-order valence-corrected chi connectivity index (χ1v) is 10.8. The molecule has 0 saturated heterocycles. The van der Waals surface area contributed by atoms with Gasteiger partial charge >= 0.3 is 0 Å². The van der Waals surface area contributed by atoms with Crippen LogP contribution < -0.4 is 10.9 Å². The summed E-state index contributed by atoms with van der Waals surface area (Å²) in [5.74, 6) is 0.817. The number of carbonyl (C=O) groups excluding carboxylic acids is 2. The molecule has 0 aliphatic rings. The molecule has 0 unspecified atom stereocenters. The topological polar surface area (TPSA) is 123 Å². The largest absolute Gasteiger partial charge is 0.507 e. The zero-order valence-corrected chi connectivity index (χ0v) is 18.3. The molecule has 0 spiro atoms. The fraction of sp³-hybridized carbons (Fsp3) is 0.273. The second kappa shape index (κ2) is 12.4. The lowest BCUT2D eigenvalue weighted by atomic mass is 10.1. The van der Waals surface area contributed by atoms with E-state index in [1.807, 2.05) is 0 Å². The SMILES string of the molecule is C/C(=N\NC(=O)CCSCCC(=O)N/N=C(\C)c1ccccc1O)c1ccccc1O. The van der Waals surface area contributed by atoms with E-state index in [0.717, 1.165) is 0 Å². The van der Waals surface area contributed by atoms with Gasteiger partial charge in [-0.3, -0.25) is 9.59 Å². The Hall–Kier alpha value is -3.33. The van der Waals surface area contributed by atoms with Crippen LogP contribution in [0.25, 0.3) is 0 Å². The van der Waals surface area contributed by atoms with Gasteiger partial charge in [0.2, 0.25) is 11.8 Å². The first-order valence-electron chi connectivity index (χ1n) is 9.69. The van der Waals surface area contributed by atoms with Crippen molar-refractivity contribution in [2.24, 2.45) is 10.2 Å². The number of benzene rings is 2. The van der Waals surface area contributed by atoms with Crippen LogP contribution in [-0.2, 0) is 9.59 Å². The summed E-state index contributed by atoms with van der Waals surface area (Å²) in [7, 11) is 0. The maximum absolute atomic E-state index is 11.9. The number of phenolic OH excluding ortho intramolecular Hbond substituents is 2. The standard InChI is InChI=1S/C22H26N4O4S/c1-15(17-7-3-5-9-19(17)27)23-25-21(29)11-13-31-14-12-22(30)26-24-16(2)18-8-4-6-10-20(18)28/h3-10,27-28H,11-14H2,1-2H3,(H,25,29)(H,26,30)/b23-15+,24-16+. The molecule has 0 aromatic heterocycles. The van der Waals surface area contributed by atoms with E-state index in [9.17, 15) is 19.8 Å². The molecule has 9 heteroatoms. The van der Waals surface area contributed by atoms with Crippen LogP contribution in [0, 0.1) is 0 Å². The number of aromatic hydroxyl groups is 2. The highest BCUT2D eigenvalue weighted by Gasteiger charge is 2.07. The summed E-state index contributed by atoms with van der Waals surface area (Å²) in [6.45, 7) is 3.40. The molecule has 0 aliphatic carbocycles. The van der Waals surface area contributed by atoms with Crippen molar-refractivity contribution in [3.8, 4) is 11.5 Å². The second-order valence-electron chi connectivity index (χ2n) is 6.61. The van der Waals surface area contributed by atoms with Crippen LogP contribution in [0.3, 0.4) is 0 Å². The van der Waals surface area contributed by atoms with E-state index < -0.39 is 0 Å². The Morgan fingerprint density at radius 2 is 1.16 bits per heavy atom. The summed E-state index contributed by atoms with van der Waals surface area (Å²) in [5, 5.41) is 27.6. The first-order chi connectivity index (χ1) is 14.9. The summed E-state index contributed by atoms with van der Waals surface area (Å²) in [5.41, 5.74) is 7.07. The molecule has 164 valence electrons. The number of thioether (sulfide) groups is 1. The fourth-order valence-electron chi connectivity index (χ4n) is 2.52. The molecular weight excluding hydrogens is 416 g/mol. The number of amides is 2. The summed E-state index contributed by atoms with van der Waals surface area (Å²) in [6.07, 6.45) is 0.517. The van der Waals surface area contributed by atoms with Crippen molar-refractivity contribution >= 4 is 35.0 Å². The number of hydrogen-bond acceptors (Lipinski definition) is 7. The third-order valence-corrected chi connectivity index (χ3v) is 5.22. The van der Waals surface area contributed by atoms with Crippen LogP contribution in [0.4, 0.5) is 0 Å². The maximum Gasteiger partial charge on any atom is 0.240 e. The van der Waals surface area contributed by atoms with Gasteiger partial charge in [0.25, 0.3) is 0 Å². The van der Waals surface area contributed by atoms with E-state index in [1.54, 1.807) is 62.4 Å². The molecule has 2 aromatic carbocycles. The van der Waals surface area contributed by atoms with Crippen molar-refractivity contribution in [3.63, 3.8) is 0 Å². The second-order valence-corrected chi connectivity index (χ2v) is 7.84. The number of hydrogen-bond donors (Lipinski definition) is 4. The minimum absolute atomic E-state index is 0.104. The molecule has 0 bridgehead atoms. The molecule has 0 aliphatic heterocycles. The van der Waals surface area contributed by atoms with Crippen molar-refractivity contribution in [2.75, 3.05) is 11.5 Å². The zero-order valence-electron chi connectivity index (χ0n) is 17.5. The molecular formula is C22H26N4O4S. The highest BCUT2D eigenvalue weighted by atomic mass is 32.2. The van der Waals surface area contributed by atoms with Gasteiger partial charge < -0.3 is 10.2 Å². The van der Waals surface area contributed by atoms with Gasteiger partial charge in [-0.05, 0) is 38.1 Å². The summed E-state index contributed by atoms with van der Waals surface area (Å²) < 4.78 is 0. The highest BCUT2D eigenvalue weighted by Crippen LogP contribution is 2.17. The Morgan fingerprint density at radius 3 is 1.55 bits per heavy atom. The molecule has 31 heavy (non-hydrogen) atoms.